The van der Waals surface area contributed by atoms with Gasteiger partial charge >= 0.3 is 12.4 Å². The predicted octanol–water partition coefficient (Wildman–Crippen LogP) is 4.25. The highest BCUT2D eigenvalue weighted by atomic mass is 19.4. The van der Waals surface area contributed by atoms with Crippen LogP contribution in [0, 0.1) is 5.41 Å². The lowest BCUT2D eigenvalue weighted by molar-refractivity contribution is -0.289. The van der Waals surface area contributed by atoms with E-state index < -0.39 is 24.4 Å². The number of amides is 1. The molecule has 1 spiro atoms. The van der Waals surface area contributed by atoms with E-state index in [2.05, 4.69) is 4.90 Å². The van der Waals surface area contributed by atoms with Crippen LogP contribution in [0.4, 0.5) is 32.0 Å². The summed E-state index contributed by atoms with van der Waals surface area (Å²) in [7, 11) is 0. The fourth-order valence-corrected chi connectivity index (χ4v) is 5.61. The van der Waals surface area contributed by atoms with E-state index in [-0.39, 0.29) is 24.3 Å². The second-order valence-electron chi connectivity index (χ2n) is 9.40. The number of nitrogens with zero attached hydrogens (tertiary/aromatic N) is 3. The van der Waals surface area contributed by atoms with E-state index >= 15 is 0 Å². The SMILES string of the molecule is CC(=O)N1CC2(CCN(c3ccccc3CC3CCCN3C(C(F)(F)F)C(F)(F)F)C2)C1. The summed E-state index contributed by atoms with van der Waals surface area (Å²) < 4.78 is 80.0. The number of halogens is 6. The Morgan fingerprint density at radius 1 is 1.06 bits per heavy atom. The zero-order chi connectivity index (χ0) is 23.3. The normalized spacial score (nSPS) is 23.9. The summed E-state index contributed by atoms with van der Waals surface area (Å²) in [6, 6.07) is 3.05. The highest BCUT2D eigenvalue weighted by Crippen LogP contribution is 2.44. The predicted molar refractivity (Wildman–Crippen MR) is 107 cm³/mol. The van der Waals surface area contributed by atoms with Crippen molar-refractivity contribution < 1.29 is 31.1 Å². The van der Waals surface area contributed by atoms with E-state index in [0.29, 0.717) is 30.8 Å². The van der Waals surface area contributed by atoms with Crippen LogP contribution in [0.25, 0.3) is 0 Å². The molecule has 1 atom stereocenters. The third kappa shape index (κ3) is 4.43. The molecule has 0 bridgehead atoms. The van der Waals surface area contributed by atoms with E-state index in [0.717, 1.165) is 30.8 Å². The molecule has 0 saturated carbocycles. The first-order chi connectivity index (χ1) is 14.9. The number of carbonyl (C=O) groups excluding carboxylic acids is 1. The number of likely N-dealkylation sites (tertiary alicyclic amines) is 2. The van der Waals surface area contributed by atoms with Crippen LogP contribution in [0.3, 0.4) is 0 Å². The van der Waals surface area contributed by atoms with E-state index in [1.807, 2.05) is 12.1 Å². The third-order valence-electron chi connectivity index (χ3n) is 7.10. The van der Waals surface area contributed by atoms with Crippen molar-refractivity contribution in [1.29, 1.82) is 0 Å². The van der Waals surface area contributed by atoms with E-state index in [1.165, 1.54) is 6.92 Å². The van der Waals surface area contributed by atoms with Crippen molar-refractivity contribution in [1.82, 2.24) is 9.80 Å². The Kier molecular flexibility index (Phi) is 5.88. The fourth-order valence-electron chi connectivity index (χ4n) is 5.61. The van der Waals surface area contributed by atoms with Gasteiger partial charge in [0.2, 0.25) is 11.9 Å². The molecule has 1 unspecified atom stereocenters. The summed E-state index contributed by atoms with van der Waals surface area (Å²) in [5.74, 6) is 0.0414. The smallest absolute Gasteiger partial charge is 0.371 e. The molecule has 3 aliphatic rings. The highest BCUT2D eigenvalue weighted by molar-refractivity contribution is 5.74. The van der Waals surface area contributed by atoms with Crippen molar-refractivity contribution in [2.75, 3.05) is 37.6 Å². The largest absolute Gasteiger partial charge is 0.412 e. The van der Waals surface area contributed by atoms with Gasteiger partial charge in [-0.05, 0) is 43.9 Å². The van der Waals surface area contributed by atoms with Gasteiger partial charge in [-0.15, -0.1) is 0 Å². The Hall–Kier alpha value is -1.97. The number of rotatable bonds is 4. The summed E-state index contributed by atoms with van der Waals surface area (Å²) in [6.45, 7) is 4.19. The Bertz CT molecular complexity index is 835. The molecule has 3 saturated heterocycles. The van der Waals surface area contributed by atoms with Gasteiger partial charge in [-0.1, -0.05) is 18.2 Å². The molecule has 4 nitrogen and oxygen atoms in total. The molecule has 32 heavy (non-hydrogen) atoms. The minimum absolute atomic E-state index is 0.0237. The second kappa shape index (κ2) is 8.11. The second-order valence-corrected chi connectivity index (χ2v) is 9.40. The van der Waals surface area contributed by atoms with Crippen molar-refractivity contribution in [3.05, 3.63) is 29.8 Å². The van der Waals surface area contributed by atoms with Gasteiger partial charge in [0.25, 0.3) is 0 Å². The van der Waals surface area contributed by atoms with Gasteiger partial charge in [0.05, 0.1) is 0 Å². The van der Waals surface area contributed by atoms with Crippen molar-refractivity contribution >= 4 is 11.6 Å². The Labute approximate surface area is 183 Å². The highest BCUT2D eigenvalue weighted by Gasteiger charge is 2.61. The Balaban J connectivity index is 1.51. The van der Waals surface area contributed by atoms with Crippen LogP contribution in [0.2, 0.25) is 0 Å². The summed E-state index contributed by atoms with van der Waals surface area (Å²) in [5.41, 5.74) is 1.66. The summed E-state index contributed by atoms with van der Waals surface area (Å²) in [5, 5.41) is 0. The molecule has 3 heterocycles. The van der Waals surface area contributed by atoms with Crippen molar-refractivity contribution in [2.24, 2.45) is 5.41 Å². The van der Waals surface area contributed by atoms with Crippen LogP contribution in [-0.2, 0) is 11.2 Å². The Morgan fingerprint density at radius 2 is 1.72 bits per heavy atom. The maximum Gasteiger partial charge on any atom is 0.412 e. The molecular weight excluding hydrogens is 436 g/mol. The topological polar surface area (TPSA) is 26.8 Å². The van der Waals surface area contributed by atoms with Gasteiger partial charge in [0.15, 0.2) is 0 Å². The van der Waals surface area contributed by atoms with Crippen molar-refractivity contribution in [3.8, 4) is 0 Å². The maximum absolute atomic E-state index is 13.3. The first-order valence-corrected chi connectivity index (χ1v) is 10.9. The van der Waals surface area contributed by atoms with Crippen LogP contribution in [0.1, 0.15) is 31.7 Å². The lowest BCUT2D eigenvalue weighted by atomic mass is 9.79. The van der Waals surface area contributed by atoms with Crippen LogP contribution < -0.4 is 4.90 Å². The quantitative estimate of drug-likeness (QED) is 0.625. The number of hydrogen-bond donors (Lipinski definition) is 0. The molecule has 1 aromatic carbocycles. The zero-order valence-corrected chi connectivity index (χ0v) is 17.8. The number of carbonyl (C=O) groups is 1. The average Bonchev–Trinajstić information content (AvgIpc) is 3.26. The minimum atomic E-state index is -5.37. The van der Waals surface area contributed by atoms with Gasteiger partial charge in [0.1, 0.15) is 0 Å². The first-order valence-electron chi connectivity index (χ1n) is 10.9. The van der Waals surface area contributed by atoms with Gasteiger partial charge in [-0.3, -0.25) is 9.69 Å². The zero-order valence-electron chi connectivity index (χ0n) is 17.8. The molecule has 0 N–H and O–H groups in total. The number of anilines is 1. The molecule has 1 aromatic rings. The number of para-hydroxylation sites is 1. The molecule has 1 amide bonds. The van der Waals surface area contributed by atoms with Gasteiger partial charge in [-0.2, -0.15) is 26.3 Å². The summed E-state index contributed by atoms with van der Waals surface area (Å²) in [4.78, 5) is 16.1. The van der Waals surface area contributed by atoms with Gasteiger partial charge in [-0.25, -0.2) is 0 Å². The van der Waals surface area contributed by atoms with Crippen LogP contribution in [0.5, 0.6) is 0 Å². The van der Waals surface area contributed by atoms with Crippen molar-refractivity contribution in [2.45, 2.75) is 57.0 Å². The van der Waals surface area contributed by atoms with Crippen LogP contribution in [0.15, 0.2) is 24.3 Å². The molecule has 3 aliphatic heterocycles. The first kappa shape index (κ1) is 23.2. The van der Waals surface area contributed by atoms with E-state index in [4.69, 9.17) is 0 Å². The number of hydrogen-bond acceptors (Lipinski definition) is 3. The monoisotopic (exact) mass is 463 g/mol. The molecule has 178 valence electrons. The molecule has 10 heteroatoms. The van der Waals surface area contributed by atoms with E-state index in [9.17, 15) is 31.1 Å². The van der Waals surface area contributed by atoms with Crippen molar-refractivity contribution in [3.63, 3.8) is 0 Å². The van der Waals surface area contributed by atoms with Crippen LogP contribution >= 0.6 is 0 Å². The Morgan fingerprint density at radius 3 is 2.34 bits per heavy atom. The molecule has 3 fully saturated rings. The fraction of sp³-hybridized carbons (Fsp3) is 0.682. The van der Waals surface area contributed by atoms with Crippen LogP contribution in [-0.4, -0.2) is 72.9 Å². The third-order valence-corrected chi connectivity index (χ3v) is 7.10. The molecule has 0 radical (unpaired) electrons. The van der Waals surface area contributed by atoms with Gasteiger partial charge < -0.3 is 9.80 Å². The molecular formula is C22H27F6N3O. The lowest BCUT2D eigenvalue weighted by Crippen LogP contribution is -2.59. The van der Waals surface area contributed by atoms with E-state index in [1.54, 1.807) is 17.0 Å². The lowest BCUT2D eigenvalue weighted by Gasteiger charge is -2.47. The summed E-state index contributed by atoms with van der Waals surface area (Å²) in [6.07, 6.45) is -9.08. The number of benzene rings is 1. The molecule has 4 rings (SSSR count). The average molecular weight is 463 g/mol. The summed E-state index contributed by atoms with van der Waals surface area (Å²) >= 11 is 0. The van der Waals surface area contributed by atoms with Gasteiger partial charge in [0, 0.05) is 50.2 Å². The maximum atomic E-state index is 13.3. The minimum Gasteiger partial charge on any atom is -0.371 e. The molecule has 0 aromatic heterocycles. The standard InChI is InChI=1S/C22H27F6N3O/c1-15(32)30-13-20(14-30)8-10-29(12-20)18-7-3-2-5-16(18)11-17-6-4-9-31(17)19(21(23,24)25)22(26,27)28/h2-3,5,7,17,19H,4,6,8-14H2,1H3. The molecule has 0 aliphatic carbocycles. The number of alkyl halides is 6.